The number of aliphatic imine (C=N–C) groups is 1. The van der Waals surface area contributed by atoms with Crippen molar-refractivity contribution in [1.82, 2.24) is 15.2 Å². The van der Waals surface area contributed by atoms with Gasteiger partial charge >= 0.3 is 0 Å². The number of hydrogen-bond donors (Lipinski definition) is 5. The van der Waals surface area contributed by atoms with E-state index in [1.54, 1.807) is 12.1 Å². The van der Waals surface area contributed by atoms with E-state index in [0.717, 1.165) is 16.9 Å². The van der Waals surface area contributed by atoms with E-state index in [9.17, 15) is 19.5 Å². The lowest BCUT2D eigenvalue weighted by Gasteiger charge is -2.23. The number of aromatic nitrogens is 1. The standard InChI is InChI=1S/C21H29N7O4S/c1-11(29)16(19(32)28(3)4)27-18(31)17-15(26-21(33-17)24-12(2)30)10-7-13-5-8-14(9-6-13)25-20(22)23/h5-6,8-9,11,16,29H,7,10H2,1-4H3,(H,27,31)(H4,22,23,25)(H,24,26,30). The van der Waals surface area contributed by atoms with Gasteiger partial charge in [0.15, 0.2) is 11.1 Å². The van der Waals surface area contributed by atoms with Gasteiger partial charge in [-0.2, -0.15) is 0 Å². The molecule has 11 nitrogen and oxygen atoms in total. The molecule has 0 spiro atoms. The number of aliphatic hydroxyl groups is 1. The molecule has 7 N–H and O–H groups in total. The van der Waals surface area contributed by atoms with Crippen LogP contribution < -0.4 is 22.1 Å². The quantitative estimate of drug-likeness (QED) is 0.257. The number of likely N-dealkylation sites (N-methyl/N-ethyl adjacent to an activating group) is 1. The second-order valence-corrected chi connectivity index (χ2v) is 8.60. The second kappa shape index (κ2) is 11.4. The minimum Gasteiger partial charge on any atom is -0.391 e. The van der Waals surface area contributed by atoms with Crippen molar-refractivity contribution < 1.29 is 19.5 Å². The summed E-state index contributed by atoms with van der Waals surface area (Å²) in [6.45, 7) is 2.77. The summed E-state index contributed by atoms with van der Waals surface area (Å²) in [5.41, 5.74) is 12.8. The largest absolute Gasteiger partial charge is 0.391 e. The number of guanidine groups is 1. The van der Waals surface area contributed by atoms with Crippen molar-refractivity contribution in [3.05, 3.63) is 40.4 Å². The highest BCUT2D eigenvalue weighted by atomic mass is 32.1. The Hall–Kier alpha value is -3.51. The number of aliphatic hydroxyl groups excluding tert-OH is 1. The van der Waals surface area contributed by atoms with Crippen LogP contribution in [0.25, 0.3) is 0 Å². The highest BCUT2D eigenvalue weighted by Gasteiger charge is 2.29. The lowest BCUT2D eigenvalue weighted by Crippen LogP contribution is -2.52. The number of nitrogens with zero attached hydrogens (tertiary/aromatic N) is 3. The summed E-state index contributed by atoms with van der Waals surface area (Å²) in [6, 6.07) is 6.15. The number of hydrogen-bond acceptors (Lipinski definition) is 7. The van der Waals surface area contributed by atoms with Gasteiger partial charge in [0.2, 0.25) is 11.8 Å². The van der Waals surface area contributed by atoms with Crippen LogP contribution in [0.2, 0.25) is 0 Å². The molecule has 0 saturated heterocycles. The highest BCUT2D eigenvalue weighted by molar-refractivity contribution is 7.17. The van der Waals surface area contributed by atoms with Crippen LogP contribution in [0.15, 0.2) is 29.3 Å². The SMILES string of the molecule is CC(=O)Nc1nc(CCc2ccc(N=C(N)N)cc2)c(C(=O)NC(C(=O)N(C)C)C(C)O)s1. The van der Waals surface area contributed by atoms with Gasteiger partial charge < -0.3 is 32.1 Å². The van der Waals surface area contributed by atoms with E-state index in [1.165, 1.54) is 32.8 Å². The first kappa shape index (κ1) is 25.7. The van der Waals surface area contributed by atoms with Crippen molar-refractivity contribution in [2.75, 3.05) is 19.4 Å². The van der Waals surface area contributed by atoms with E-state index < -0.39 is 24.0 Å². The third-order valence-electron chi connectivity index (χ3n) is 4.51. The van der Waals surface area contributed by atoms with Crippen molar-refractivity contribution in [2.24, 2.45) is 16.5 Å². The van der Waals surface area contributed by atoms with Crippen molar-refractivity contribution in [1.29, 1.82) is 0 Å². The molecule has 0 aliphatic heterocycles. The molecule has 3 amide bonds. The molecule has 2 rings (SSSR count). The molecular weight excluding hydrogens is 446 g/mol. The Morgan fingerprint density at radius 3 is 2.33 bits per heavy atom. The predicted molar refractivity (Wildman–Crippen MR) is 127 cm³/mol. The molecule has 0 bridgehead atoms. The Morgan fingerprint density at radius 1 is 1.18 bits per heavy atom. The molecule has 0 aliphatic carbocycles. The van der Waals surface area contributed by atoms with Crippen molar-refractivity contribution >= 4 is 45.8 Å². The van der Waals surface area contributed by atoms with Crippen LogP contribution in [0, 0.1) is 0 Å². The van der Waals surface area contributed by atoms with E-state index in [0.29, 0.717) is 24.2 Å². The zero-order valence-corrected chi connectivity index (χ0v) is 19.8. The van der Waals surface area contributed by atoms with Crippen LogP contribution in [-0.2, 0) is 22.4 Å². The summed E-state index contributed by atoms with van der Waals surface area (Å²) >= 11 is 1.01. The topological polar surface area (TPSA) is 176 Å². The molecule has 0 fully saturated rings. The van der Waals surface area contributed by atoms with Crippen molar-refractivity contribution in [2.45, 2.75) is 38.8 Å². The molecule has 178 valence electrons. The van der Waals surface area contributed by atoms with E-state index in [2.05, 4.69) is 20.6 Å². The fraction of sp³-hybridized carbons (Fsp3) is 0.381. The molecule has 2 atom stereocenters. The molecule has 1 aromatic heterocycles. The first-order valence-corrected chi connectivity index (χ1v) is 11.0. The van der Waals surface area contributed by atoms with Crippen molar-refractivity contribution in [3.8, 4) is 0 Å². The van der Waals surface area contributed by atoms with Crippen LogP contribution in [0.1, 0.15) is 34.8 Å². The van der Waals surface area contributed by atoms with Crippen LogP contribution in [0.5, 0.6) is 0 Å². The minimum atomic E-state index is -1.12. The van der Waals surface area contributed by atoms with Gasteiger partial charge in [-0.15, -0.1) is 0 Å². The summed E-state index contributed by atoms with van der Waals surface area (Å²) in [7, 11) is 3.07. The monoisotopic (exact) mass is 475 g/mol. The number of nitrogens with one attached hydrogen (secondary N) is 2. The van der Waals surface area contributed by atoms with Gasteiger partial charge in [0.25, 0.3) is 5.91 Å². The van der Waals surface area contributed by atoms with Gasteiger partial charge in [0, 0.05) is 21.0 Å². The molecule has 33 heavy (non-hydrogen) atoms. The van der Waals surface area contributed by atoms with Gasteiger partial charge in [-0.25, -0.2) is 9.98 Å². The molecule has 1 aromatic carbocycles. The Kier molecular flexibility index (Phi) is 8.88. The zero-order valence-electron chi connectivity index (χ0n) is 19.0. The number of aryl methyl sites for hydroxylation is 2. The predicted octanol–water partition coefficient (Wildman–Crippen LogP) is 0.359. The van der Waals surface area contributed by atoms with Crippen LogP contribution >= 0.6 is 11.3 Å². The molecule has 0 saturated carbocycles. The minimum absolute atomic E-state index is 0.0328. The summed E-state index contributed by atoms with van der Waals surface area (Å²) in [5, 5.41) is 15.4. The molecule has 12 heteroatoms. The lowest BCUT2D eigenvalue weighted by molar-refractivity contribution is -0.133. The lowest BCUT2D eigenvalue weighted by atomic mass is 10.1. The van der Waals surface area contributed by atoms with E-state index in [-0.39, 0.29) is 21.9 Å². The number of benzene rings is 1. The van der Waals surface area contributed by atoms with Crippen LogP contribution in [0.3, 0.4) is 0 Å². The number of carbonyl (C=O) groups excluding carboxylic acids is 3. The number of nitrogens with two attached hydrogens (primary N) is 2. The number of thiazole rings is 1. The summed E-state index contributed by atoms with van der Waals surface area (Å²) in [5.74, 6) is -1.34. The Labute approximate surface area is 195 Å². The Morgan fingerprint density at radius 2 is 1.82 bits per heavy atom. The van der Waals surface area contributed by atoms with Gasteiger partial charge in [-0.05, 0) is 37.5 Å². The number of amides is 3. The first-order chi connectivity index (χ1) is 15.5. The Bertz CT molecular complexity index is 1030. The molecule has 2 unspecified atom stereocenters. The zero-order chi connectivity index (χ0) is 24.7. The first-order valence-electron chi connectivity index (χ1n) is 10.1. The normalized spacial score (nSPS) is 12.4. The second-order valence-electron chi connectivity index (χ2n) is 7.60. The molecular formula is C21H29N7O4S. The van der Waals surface area contributed by atoms with Gasteiger partial charge in [0.05, 0.1) is 17.5 Å². The maximum atomic E-state index is 13.0. The summed E-state index contributed by atoms with van der Waals surface area (Å²) in [6.07, 6.45) is -0.137. The van der Waals surface area contributed by atoms with Gasteiger partial charge in [0.1, 0.15) is 10.9 Å². The van der Waals surface area contributed by atoms with Gasteiger partial charge in [-0.1, -0.05) is 23.5 Å². The number of anilines is 1. The molecule has 2 aromatic rings. The molecule has 0 radical (unpaired) electrons. The Balaban J connectivity index is 2.24. The van der Waals surface area contributed by atoms with Gasteiger partial charge in [-0.3, -0.25) is 14.4 Å². The van der Waals surface area contributed by atoms with Crippen molar-refractivity contribution in [3.63, 3.8) is 0 Å². The third kappa shape index (κ3) is 7.54. The average molecular weight is 476 g/mol. The van der Waals surface area contributed by atoms with E-state index in [4.69, 9.17) is 11.5 Å². The number of rotatable bonds is 9. The summed E-state index contributed by atoms with van der Waals surface area (Å²) < 4.78 is 0. The highest BCUT2D eigenvalue weighted by Crippen LogP contribution is 2.25. The maximum absolute atomic E-state index is 13.0. The molecule has 0 aliphatic rings. The van der Waals surface area contributed by atoms with Crippen LogP contribution in [-0.4, -0.2) is 64.9 Å². The number of carbonyl (C=O) groups is 3. The summed E-state index contributed by atoms with van der Waals surface area (Å²) in [4.78, 5) is 46.7. The van der Waals surface area contributed by atoms with E-state index in [1.807, 2.05) is 12.1 Å². The maximum Gasteiger partial charge on any atom is 0.264 e. The van der Waals surface area contributed by atoms with Crippen LogP contribution in [0.4, 0.5) is 10.8 Å². The smallest absolute Gasteiger partial charge is 0.264 e. The third-order valence-corrected chi connectivity index (χ3v) is 5.52. The molecule has 1 heterocycles. The fourth-order valence-electron chi connectivity index (χ4n) is 2.93. The fourth-order valence-corrected chi connectivity index (χ4v) is 3.89. The average Bonchev–Trinajstić information content (AvgIpc) is 3.12. The van der Waals surface area contributed by atoms with E-state index >= 15 is 0 Å².